The van der Waals surface area contributed by atoms with Gasteiger partial charge >= 0.3 is 0 Å². The van der Waals surface area contributed by atoms with Gasteiger partial charge in [0.1, 0.15) is 0 Å². The highest BCUT2D eigenvalue weighted by Gasteiger charge is 2.26. The minimum Gasteiger partial charge on any atom is -0.318 e. The van der Waals surface area contributed by atoms with Crippen LogP contribution in [0.3, 0.4) is 0 Å². The van der Waals surface area contributed by atoms with Crippen molar-refractivity contribution in [3.8, 4) is 5.69 Å². The predicted molar refractivity (Wildman–Crippen MR) is 164 cm³/mol. The van der Waals surface area contributed by atoms with Crippen LogP contribution in [0.15, 0.2) is 93.3 Å². The molecule has 0 radical (unpaired) electrons. The monoisotopic (exact) mass is 660 g/mol. The third-order valence-electron chi connectivity index (χ3n) is 6.29. The molecule has 7 nitrogen and oxygen atoms in total. The zero-order valence-corrected chi connectivity index (χ0v) is 25.7. The Balaban J connectivity index is 1.49. The van der Waals surface area contributed by atoms with Crippen molar-refractivity contribution >= 4 is 61.3 Å². The minimum absolute atomic E-state index is 0.106. The first kappa shape index (κ1) is 30.0. The number of benzene rings is 3. The zero-order chi connectivity index (χ0) is 28.9. The van der Waals surface area contributed by atoms with E-state index in [-0.39, 0.29) is 18.0 Å². The zero-order valence-electron chi connectivity index (χ0n) is 21.8. The van der Waals surface area contributed by atoms with Crippen molar-refractivity contribution in [2.24, 2.45) is 5.10 Å². The third-order valence-corrected chi connectivity index (χ3v) is 9.42. The Labute approximate surface area is 252 Å². The van der Waals surface area contributed by atoms with Crippen LogP contribution in [-0.4, -0.2) is 42.5 Å². The molecule has 3 aromatic carbocycles. The average molecular weight is 662 g/mol. The second kappa shape index (κ2) is 13.1. The lowest BCUT2D eigenvalue weighted by molar-refractivity contribution is -0.121. The summed E-state index contributed by atoms with van der Waals surface area (Å²) in [7, 11) is -3.93. The number of aromatic nitrogens is 1. The standard InChI is InChI=1S/C29H27BrCl2N4O3S/c1-20-16-23(21(2)36(20)25-10-13-27(31)28(32)17-25)18-33-34-29(37)19-35(15-14-22-6-4-3-5-7-22)40(38,39)26-11-8-24(30)9-12-26/h3-13,16-18H,14-15,19H2,1-2H3,(H,34,37)/b33-18+. The van der Waals surface area contributed by atoms with E-state index in [1.165, 1.54) is 22.7 Å². The normalized spacial score (nSPS) is 11.8. The summed E-state index contributed by atoms with van der Waals surface area (Å²) in [6.07, 6.45) is 1.99. The van der Waals surface area contributed by atoms with E-state index < -0.39 is 15.9 Å². The number of carbonyl (C=O) groups is 1. The number of amides is 1. The lowest BCUT2D eigenvalue weighted by Gasteiger charge is -2.21. The molecule has 1 aromatic heterocycles. The van der Waals surface area contributed by atoms with Crippen LogP contribution in [0.5, 0.6) is 0 Å². The molecule has 0 unspecified atom stereocenters. The van der Waals surface area contributed by atoms with Crippen molar-refractivity contribution in [3.63, 3.8) is 0 Å². The number of hydrazone groups is 1. The van der Waals surface area contributed by atoms with E-state index >= 15 is 0 Å². The number of nitrogens with zero attached hydrogens (tertiary/aromatic N) is 3. The van der Waals surface area contributed by atoms with E-state index in [0.29, 0.717) is 16.5 Å². The molecule has 0 aliphatic carbocycles. The predicted octanol–water partition coefficient (Wildman–Crippen LogP) is 6.55. The van der Waals surface area contributed by atoms with E-state index in [9.17, 15) is 13.2 Å². The molecule has 0 atom stereocenters. The van der Waals surface area contributed by atoms with Crippen molar-refractivity contribution in [1.82, 2.24) is 14.3 Å². The number of hydrogen-bond acceptors (Lipinski definition) is 4. The molecule has 4 rings (SSSR count). The van der Waals surface area contributed by atoms with Gasteiger partial charge in [0.15, 0.2) is 0 Å². The molecule has 1 N–H and O–H groups in total. The molecular weight excluding hydrogens is 635 g/mol. The number of nitrogens with one attached hydrogen (secondary N) is 1. The smallest absolute Gasteiger partial charge is 0.255 e. The fourth-order valence-corrected chi connectivity index (χ4v) is 6.20. The average Bonchev–Trinajstić information content (AvgIpc) is 3.21. The maximum Gasteiger partial charge on any atom is 0.255 e. The highest BCUT2D eigenvalue weighted by atomic mass is 79.9. The van der Waals surface area contributed by atoms with Gasteiger partial charge in [0.25, 0.3) is 5.91 Å². The topological polar surface area (TPSA) is 83.8 Å². The van der Waals surface area contributed by atoms with Gasteiger partial charge in [-0.25, -0.2) is 13.8 Å². The van der Waals surface area contributed by atoms with Gasteiger partial charge in [0.2, 0.25) is 10.0 Å². The van der Waals surface area contributed by atoms with Crippen molar-refractivity contribution in [3.05, 3.63) is 116 Å². The lowest BCUT2D eigenvalue weighted by Crippen LogP contribution is -2.40. The van der Waals surface area contributed by atoms with E-state index in [4.69, 9.17) is 23.2 Å². The summed E-state index contributed by atoms with van der Waals surface area (Å²) in [6.45, 7) is 3.62. The molecule has 0 aliphatic rings. The second-order valence-electron chi connectivity index (χ2n) is 9.08. The van der Waals surface area contributed by atoms with Crippen molar-refractivity contribution in [1.29, 1.82) is 0 Å². The number of hydrogen-bond donors (Lipinski definition) is 1. The fourth-order valence-electron chi connectivity index (χ4n) is 4.25. The van der Waals surface area contributed by atoms with Gasteiger partial charge in [-0.1, -0.05) is 69.5 Å². The van der Waals surface area contributed by atoms with Gasteiger partial charge in [-0.2, -0.15) is 9.41 Å². The Morgan fingerprint density at radius 2 is 1.70 bits per heavy atom. The first-order valence-electron chi connectivity index (χ1n) is 12.3. The Hall–Kier alpha value is -2.95. The van der Waals surface area contributed by atoms with Gasteiger partial charge in [-0.3, -0.25) is 4.79 Å². The molecule has 0 spiro atoms. The van der Waals surface area contributed by atoms with Crippen LogP contribution in [0.4, 0.5) is 0 Å². The molecular formula is C29H27BrCl2N4O3S. The van der Waals surface area contributed by atoms with E-state index in [1.54, 1.807) is 24.3 Å². The van der Waals surface area contributed by atoms with Crippen molar-refractivity contribution in [2.45, 2.75) is 25.2 Å². The molecule has 11 heteroatoms. The number of aryl methyl sites for hydroxylation is 1. The Morgan fingerprint density at radius 1 is 1.00 bits per heavy atom. The molecule has 40 heavy (non-hydrogen) atoms. The number of sulfonamides is 1. The first-order chi connectivity index (χ1) is 19.1. The molecule has 0 bridgehead atoms. The Morgan fingerprint density at radius 3 is 2.38 bits per heavy atom. The molecule has 208 valence electrons. The highest BCUT2D eigenvalue weighted by Crippen LogP contribution is 2.27. The molecule has 1 heterocycles. The summed E-state index contributed by atoms with van der Waals surface area (Å²) < 4.78 is 30.8. The maximum atomic E-state index is 13.4. The Bertz CT molecular complexity index is 1640. The van der Waals surface area contributed by atoms with Crippen LogP contribution in [-0.2, 0) is 21.2 Å². The van der Waals surface area contributed by atoms with Crippen molar-refractivity contribution < 1.29 is 13.2 Å². The molecule has 0 saturated carbocycles. The summed E-state index contributed by atoms with van der Waals surface area (Å²) >= 11 is 15.6. The molecule has 1 amide bonds. The van der Waals surface area contributed by atoms with Crippen LogP contribution in [0, 0.1) is 13.8 Å². The van der Waals surface area contributed by atoms with Crippen molar-refractivity contribution in [2.75, 3.05) is 13.1 Å². The summed E-state index contributed by atoms with van der Waals surface area (Å²) in [5.74, 6) is -0.553. The second-order valence-corrected chi connectivity index (χ2v) is 12.7. The van der Waals surface area contributed by atoms with Gasteiger partial charge in [0.05, 0.1) is 27.7 Å². The van der Waals surface area contributed by atoms with Crippen LogP contribution in [0.25, 0.3) is 5.69 Å². The number of carbonyl (C=O) groups excluding carboxylic acids is 1. The molecule has 4 aromatic rings. The first-order valence-corrected chi connectivity index (χ1v) is 15.3. The van der Waals surface area contributed by atoms with Gasteiger partial charge < -0.3 is 4.57 Å². The van der Waals surface area contributed by atoms with Gasteiger partial charge in [-0.05, 0) is 74.4 Å². The largest absolute Gasteiger partial charge is 0.318 e. The van der Waals surface area contributed by atoms with Crippen LogP contribution in [0.1, 0.15) is 22.5 Å². The lowest BCUT2D eigenvalue weighted by atomic mass is 10.1. The van der Waals surface area contributed by atoms with Crippen LogP contribution in [0.2, 0.25) is 10.0 Å². The molecule has 0 aliphatic heterocycles. The van der Waals surface area contributed by atoms with E-state index in [1.807, 2.05) is 60.9 Å². The quantitative estimate of drug-likeness (QED) is 0.155. The third kappa shape index (κ3) is 7.21. The number of halogens is 3. The van der Waals surface area contributed by atoms with Gasteiger partial charge in [-0.15, -0.1) is 0 Å². The Kier molecular flexibility index (Phi) is 9.86. The summed E-state index contributed by atoms with van der Waals surface area (Å²) in [4.78, 5) is 13.0. The van der Waals surface area contributed by atoms with Crippen LogP contribution >= 0.6 is 39.1 Å². The summed E-state index contributed by atoms with van der Waals surface area (Å²) in [5, 5.41) is 5.03. The minimum atomic E-state index is -3.93. The van der Waals surface area contributed by atoms with Crippen LogP contribution < -0.4 is 5.43 Å². The van der Waals surface area contributed by atoms with E-state index in [2.05, 4.69) is 26.5 Å². The summed E-state index contributed by atoms with van der Waals surface area (Å²) in [5.41, 5.74) is 6.90. The fraction of sp³-hybridized carbons (Fsp3) is 0.172. The highest BCUT2D eigenvalue weighted by molar-refractivity contribution is 9.10. The molecule has 0 fully saturated rings. The SMILES string of the molecule is Cc1cc(/C=N/NC(=O)CN(CCc2ccccc2)S(=O)(=O)c2ccc(Br)cc2)c(C)n1-c1ccc(Cl)c(Cl)c1. The van der Waals surface area contributed by atoms with E-state index in [0.717, 1.165) is 32.7 Å². The maximum absolute atomic E-state index is 13.4. The summed E-state index contributed by atoms with van der Waals surface area (Å²) in [6, 6.07) is 23.2. The number of rotatable bonds is 10. The van der Waals surface area contributed by atoms with Gasteiger partial charge in [0, 0.05) is 33.7 Å². The molecule has 0 saturated heterocycles.